The highest BCUT2D eigenvalue weighted by atomic mass is 35.5. The lowest BCUT2D eigenvalue weighted by Crippen LogP contribution is -2.33. The molecule has 0 unspecified atom stereocenters. The summed E-state index contributed by atoms with van der Waals surface area (Å²) in [5.41, 5.74) is 3.10. The van der Waals surface area contributed by atoms with Gasteiger partial charge in [0, 0.05) is 10.6 Å². The monoisotopic (exact) mass is 362 g/mol. The molecule has 1 N–H and O–H groups in total. The normalized spacial score (nSPS) is 11.8. The molecule has 0 aliphatic carbocycles. The number of rotatable bonds is 7. The van der Waals surface area contributed by atoms with E-state index in [4.69, 9.17) is 25.8 Å². The van der Waals surface area contributed by atoms with Crippen molar-refractivity contribution in [1.29, 1.82) is 0 Å². The van der Waals surface area contributed by atoms with Crippen molar-refractivity contribution < 1.29 is 19.0 Å². The molecule has 0 spiro atoms. The topological polar surface area (TPSA) is 69.2 Å². The van der Waals surface area contributed by atoms with Crippen molar-refractivity contribution in [2.45, 2.75) is 13.0 Å². The molecule has 0 bridgehead atoms. The maximum absolute atomic E-state index is 12.1. The van der Waals surface area contributed by atoms with Gasteiger partial charge in [0.05, 0.1) is 20.4 Å². The van der Waals surface area contributed by atoms with Gasteiger partial charge in [-0.15, -0.1) is 0 Å². The molecule has 1 atom stereocenters. The maximum Gasteiger partial charge on any atom is 0.280 e. The number of nitrogens with zero attached hydrogens (tertiary/aromatic N) is 1. The predicted octanol–water partition coefficient (Wildman–Crippen LogP) is 3.27. The Morgan fingerprint density at radius 1 is 1.20 bits per heavy atom. The highest BCUT2D eigenvalue weighted by molar-refractivity contribution is 6.30. The fourth-order valence-electron chi connectivity index (χ4n) is 2.07. The van der Waals surface area contributed by atoms with Crippen LogP contribution in [0.4, 0.5) is 0 Å². The minimum atomic E-state index is -0.733. The van der Waals surface area contributed by atoms with Crippen LogP contribution in [0, 0.1) is 0 Å². The Morgan fingerprint density at radius 3 is 2.64 bits per heavy atom. The summed E-state index contributed by atoms with van der Waals surface area (Å²) in [6, 6.07) is 12.2. The average molecular weight is 363 g/mol. The molecule has 0 saturated carbocycles. The summed E-state index contributed by atoms with van der Waals surface area (Å²) in [6.45, 7) is 1.62. The summed E-state index contributed by atoms with van der Waals surface area (Å²) < 4.78 is 16.0. The third kappa shape index (κ3) is 5.12. The second-order valence-electron chi connectivity index (χ2n) is 5.03. The molecule has 2 aromatic carbocycles. The SMILES string of the molecule is COc1cccc(/C=N\NC(=O)[C@H](C)Oc2cccc(Cl)c2)c1OC. The number of hydrogen-bond donors (Lipinski definition) is 1. The number of hydrazone groups is 1. The molecular formula is C18H19ClN2O4. The number of para-hydroxylation sites is 1. The fourth-order valence-corrected chi connectivity index (χ4v) is 2.25. The summed E-state index contributed by atoms with van der Waals surface area (Å²) >= 11 is 5.89. The summed E-state index contributed by atoms with van der Waals surface area (Å²) in [7, 11) is 3.09. The van der Waals surface area contributed by atoms with Crippen molar-refractivity contribution in [3.63, 3.8) is 0 Å². The van der Waals surface area contributed by atoms with Crippen molar-refractivity contribution in [3.05, 3.63) is 53.1 Å². The highest BCUT2D eigenvalue weighted by Gasteiger charge is 2.14. The molecule has 0 aliphatic rings. The molecule has 1 amide bonds. The molecule has 2 rings (SSSR count). The number of ether oxygens (including phenoxy) is 3. The van der Waals surface area contributed by atoms with Gasteiger partial charge in [0.25, 0.3) is 5.91 Å². The van der Waals surface area contributed by atoms with E-state index in [0.29, 0.717) is 27.8 Å². The van der Waals surface area contributed by atoms with Crippen LogP contribution >= 0.6 is 11.6 Å². The van der Waals surface area contributed by atoms with Gasteiger partial charge in [-0.25, -0.2) is 5.43 Å². The number of nitrogens with one attached hydrogen (secondary N) is 1. The molecule has 0 aliphatic heterocycles. The van der Waals surface area contributed by atoms with E-state index in [1.54, 1.807) is 56.5 Å². The van der Waals surface area contributed by atoms with E-state index in [0.717, 1.165) is 0 Å². The summed E-state index contributed by atoms with van der Waals surface area (Å²) in [5.74, 6) is 1.23. The van der Waals surface area contributed by atoms with Crippen LogP contribution in [-0.4, -0.2) is 32.4 Å². The van der Waals surface area contributed by atoms with E-state index < -0.39 is 12.0 Å². The van der Waals surface area contributed by atoms with E-state index in [-0.39, 0.29) is 0 Å². The lowest BCUT2D eigenvalue weighted by molar-refractivity contribution is -0.127. The zero-order valence-electron chi connectivity index (χ0n) is 14.2. The Labute approximate surface area is 151 Å². The Kier molecular flexibility index (Phi) is 6.65. The number of methoxy groups -OCH3 is 2. The quantitative estimate of drug-likeness (QED) is 0.606. The first-order valence-corrected chi connectivity index (χ1v) is 7.89. The minimum absolute atomic E-state index is 0.391. The van der Waals surface area contributed by atoms with Crippen LogP contribution < -0.4 is 19.6 Å². The number of carbonyl (C=O) groups is 1. The van der Waals surface area contributed by atoms with Gasteiger partial charge in [0.1, 0.15) is 5.75 Å². The summed E-state index contributed by atoms with van der Waals surface area (Å²) in [6.07, 6.45) is 0.744. The molecule has 0 radical (unpaired) electrons. The molecule has 7 heteroatoms. The van der Waals surface area contributed by atoms with E-state index in [2.05, 4.69) is 10.5 Å². The van der Waals surface area contributed by atoms with Gasteiger partial charge >= 0.3 is 0 Å². The molecule has 25 heavy (non-hydrogen) atoms. The Hall–Kier alpha value is -2.73. The third-order valence-corrected chi connectivity index (χ3v) is 3.53. The predicted molar refractivity (Wildman–Crippen MR) is 96.8 cm³/mol. The zero-order chi connectivity index (χ0) is 18.2. The lowest BCUT2D eigenvalue weighted by atomic mass is 10.2. The summed E-state index contributed by atoms with van der Waals surface area (Å²) in [5, 5.41) is 4.48. The molecule has 2 aromatic rings. The van der Waals surface area contributed by atoms with Gasteiger partial charge in [-0.05, 0) is 37.3 Å². The van der Waals surface area contributed by atoms with Gasteiger partial charge in [-0.1, -0.05) is 23.7 Å². The van der Waals surface area contributed by atoms with Crippen molar-refractivity contribution in [1.82, 2.24) is 5.43 Å². The van der Waals surface area contributed by atoms with Crippen LogP contribution in [0.15, 0.2) is 47.6 Å². The van der Waals surface area contributed by atoms with Crippen LogP contribution in [0.1, 0.15) is 12.5 Å². The van der Waals surface area contributed by atoms with Crippen LogP contribution in [0.2, 0.25) is 5.02 Å². The van der Waals surface area contributed by atoms with Gasteiger partial charge in [0.2, 0.25) is 0 Å². The zero-order valence-corrected chi connectivity index (χ0v) is 14.9. The van der Waals surface area contributed by atoms with Gasteiger partial charge in [-0.3, -0.25) is 4.79 Å². The lowest BCUT2D eigenvalue weighted by Gasteiger charge is -2.13. The number of amides is 1. The molecule has 0 aromatic heterocycles. The van der Waals surface area contributed by atoms with Crippen molar-refractivity contribution in [2.24, 2.45) is 5.10 Å². The number of benzene rings is 2. The molecular weight excluding hydrogens is 344 g/mol. The Balaban J connectivity index is 1.98. The maximum atomic E-state index is 12.1. The highest BCUT2D eigenvalue weighted by Crippen LogP contribution is 2.29. The molecule has 6 nitrogen and oxygen atoms in total. The van der Waals surface area contributed by atoms with E-state index in [9.17, 15) is 4.79 Å². The number of carbonyl (C=O) groups excluding carboxylic acids is 1. The van der Waals surface area contributed by atoms with Crippen LogP contribution in [0.3, 0.4) is 0 Å². The smallest absolute Gasteiger partial charge is 0.280 e. The van der Waals surface area contributed by atoms with Crippen LogP contribution in [-0.2, 0) is 4.79 Å². The number of hydrogen-bond acceptors (Lipinski definition) is 5. The first-order chi connectivity index (χ1) is 12.0. The first kappa shape index (κ1) is 18.6. The third-order valence-electron chi connectivity index (χ3n) is 3.29. The van der Waals surface area contributed by atoms with Crippen molar-refractivity contribution >= 4 is 23.7 Å². The second-order valence-corrected chi connectivity index (χ2v) is 5.47. The van der Waals surface area contributed by atoms with Gasteiger partial charge in [-0.2, -0.15) is 5.10 Å². The molecule has 0 saturated heterocycles. The Bertz CT molecular complexity index is 764. The molecule has 0 heterocycles. The molecule has 0 fully saturated rings. The van der Waals surface area contributed by atoms with Gasteiger partial charge in [0.15, 0.2) is 17.6 Å². The van der Waals surface area contributed by atoms with Crippen LogP contribution in [0.25, 0.3) is 0 Å². The van der Waals surface area contributed by atoms with E-state index in [1.807, 2.05) is 0 Å². The van der Waals surface area contributed by atoms with Crippen molar-refractivity contribution in [3.8, 4) is 17.2 Å². The van der Waals surface area contributed by atoms with E-state index in [1.165, 1.54) is 13.3 Å². The molecule has 132 valence electrons. The van der Waals surface area contributed by atoms with E-state index >= 15 is 0 Å². The van der Waals surface area contributed by atoms with Crippen molar-refractivity contribution in [2.75, 3.05) is 14.2 Å². The first-order valence-electron chi connectivity index (χ1n) is 7.51. The Morgan fingerprint density at radius 2 is 1.96 bits per heavy atom. The fraction of sp³-hybridized carbons (Fsp3) is 0.222. The standard InChI is InChI=1S/C18H19ClN2O4/c1-12(25-15-8-5-7-14(19)10-15)18(22)21-20-11-13-6-4-9-16(23-2)17(13)24-3/h4-12H,1-3H3,(H,21,22)/b20-11-/t12-/m0/s1. The average Bonchev–Trinajstić information content (AvgIpc) is 2.61. The number of halogens is 1. The van der Waals surface area contributed by atoms with Crippen LogP contribution in [0.5, 0.6) is 17.2 Å². The second kappa shape index (κ2) is 8.94. The largest absolute Gasteiger partial charge is 0.493 e. The minimum Gasteiger partial charge on any atom is -0.493 e. The van der Waals surface area contributed by atoms with Gasteiger partial charge < -0.3 is 14.2 Å². The summed E-state index contributed by atoms with van der Waals surface area (Å²) in [4.78, 5) is 12.1.